The minimum absolute atomic E-state index is 0.0672. The molecule has 0 unspecified atom stereocenters. The number of likely N-dealkylation sites (N-methyl/N-ethyl adjacent to an activating group) is 1. The molecule has 4 rings (SSSR count). The molecule has 9 heteroatoms. The van der Waals surface area contributed by atoms with Gasteiger partial charge in [-0.15, -0.1) is 0 Å². The van der Waals surface area contributed by atoms with Gasteiger partial charge in [0.15, 0.2) is 11.5 Å². The Kier molecular flexibility index (Phi) is 6.83. The Morgan fingerprint density at radius 2 is 1.88 bits per heavy atom. The molecule has 1 aliphatic rings. The molecule has 0 aliphatic carbocycles. The molecule has 1 aromatic heterocycles. The number of hydrogen-bond donors (Lipinski definition) is 3. The Labute approximate surface area is 199 Å². The zero-order valence-corrected chi connectivity index (χ0v) is 19.8. The quantitative estimate of drug-likeness (QED) is 0.458. The lowest BCUT2D eigenvalue weighted by Crippen LogP contribution is -2.44. The van der Waals surface area contributed by atoms with Gasteiger partial charge in [0.25, 0.3) is 5.91 Å². The van der Waals surface area contributed by atoms with Gasteiger partial charge in [0.1, 0.15) is 11.4 Å². The van der Waals surface area contributed by atoms with Gasteiger partial charge in [-0.2, -0.15) is 4.98 Å². The van der Waals surface area contributed by atoms with Crippen molar-refractivity contribution >= 4 is 28.8 Å². The van der Waals surface area contributed by atoms with Crippen LogP contribution >= 0.6 is 0 Å². The first-order chi connectivity index (χ1) is 16.3. The summed E-state index contributed by atoms with van der Waals surface area (Å²) in [6.45, 7) is 8.05. The lowest BCUT2D eigenvalue weighted by Gasteiger charge is -2.35. The van der Waals surface area contributed by atoms with E-state index >= 15 is 0 Å². The maximum Gasteiger partial charge on any atom is 0.271 e. The van der Waals surface area contributed by atoms with E-state index in [0.717, 1.165) is 37.4 Å². The number of aromatic nitrogens is 2. The number of hydrogen-bond acceptors (Lipinski definition) is 8. The Hall–Kier alpha value is -3.85. The molecule has 5 N–H and O–H groups in total. The maximum absolute atomic E-state index is 12.2. The van der Waals surface area contributed by atoms with E-state index in [4.69, 9.17) is 16.2 Å². The molecule has 2 aromatic carbocycles. The van der Waals surface area contributed by atoms with Crippen LogP contribution in [0.25, 0.3) is 0 Å². The van der Waals surface area contributed by atoms with Crippen molar-refractivity contribution in [1.82, 2.24) is 14.9 Å². The minimum Gasteiger partial charge on any atom is -0.437 e. The molecule has 1 aliphatic heterocycles. The van der Waals surface area contributed by atoms with Crippen molar-refractivity contribution in [1.29, 1.82) is 0 Å². The summed E-state index contributed by atoms with van der Waals surface area (Å²) in [5.41, 5.74) is 15.8. The van der Waals surface area contributed by atoms with Gasteiger partial charge in [-0.1, -0.05) is 13.0 Å². The van der Waals surface area contributed by atoms with E-state index in [-0.39, 0.29) is 11.5 Å². The second kappa shape index (κ2) is 9.96. The number of benzene rings is 2. The third kappa shape index (κ3) is 5.20. The molecule has 1 fully saturated rings. The predicted molar refractivity (Wildman–Crippen MR) is 135 cm³/mol. The molecule has 178 valence electrons. The third-order valence-electron chi connectivity index (χ3n) is 5.88. The Morgan fingerprint density at radius 3 is 2.53 bits per heavy atom. The summed E-state index contributed by atoms with van der Waals surface area (Å²) in [6.07, 6.45) is 0.518. The number of nitrogens with two attached hydrogens (primary N) is 2. The van der Waals surface area contributed by atoms with Gasteiger partial charge in [0.2, 0.25) is 5.88 Å². The van der Waals surface area contributed by atoms with Gasteiger partial charge in [0, 0.05) is 49.3 Å². The van der Waals surface area contributed by atoms with Crippen LogP contribution in [-0.2, 0) is 6.42 Å². The summed E-state index contributed by atoms with van der Waals surface area (Å²) in [5, 5.41) is 3.21. The van der Waals surface area contributed by atoms with Crippen LogP contribution in [0, 0.1) is 6.92 Å². The normalized spacial score (nSPS) is 14.1. The summed E-state index contributed by atoms with van der Waals surface area (Å²) in [4.78, 5) is 25.9. The van der Waals surface area contributed by atoms with Crippen molar-refractivity contribution in [2.45, 2.75) is 20.3 Å². The largest absolute Gasteiger partial charge is 0.437 e. The lowest BCUT2D eigenvalue weighted by atomic mass is 10.1. The van der Waals surface area contributed by atoms with Crippen LogP contribution in [0.1, 0.15) is 28.7 Å². The number of nitrogens with one attached hydrogen (secondary N) is 1. The second-order valence-corrected chi connectivity index (χ2v) is 8.48. The number of nitrogen functional groups attached to an aromatic ring is 1. The zero-order valence-electron chi connectivity index (χ0n) is 19.8. The van der Waals surface area contributed by atoms with Crippen molar-refractivity contribution in [3.05, 3.63) is 59.4 Å². The van der Waals surface area contributed by atoms with E-state index in [2.05, 4.69) is 45.1 Å². The fourth-order valence-electron chi connectivity index (χ4n) is 3.99. The smallest absolute Gasteiger partial charge is 0.271 e. The highest BCUT2D eigenvalue weighted by Gasteiger charge is 2.20. The third-order valence-corrected chi connectivity index (χ3v) is 5.88. The average molecular weight is 462 g/mol. The molecule has 9 nitrogen and oxygen atoms in total. The number of aryl methyl sites for hydroxylation is 2. The van der Waals surface area contributed by atoms with E-state index in [1.54, 1.807) is 24.3 Å². The molecular weight excluding hydrogens is 430 g/mol. The molecular formula is C25H31N7O2. The second-order valence-electron chi connectivity index (χ2n) is 8.48. The number of rotatable bonds is 7. The van der Waals surface area contributed by atoms with Gasteiger partial charge >= 0.3 is 0 Å². The zero-order chi connectivity index (χ0) is 24.2. The van der Waals surface area contributed by atoms with Crippen LogP contribution in [0.4, 0.5) is 22.9 Å². The van der Waals surface area contributed by atoms with Crippen molar-refractivity contribution in [3.63, 3.8) is 0 Å². The van der Waals surface area contributed by atoms with Crippen LogP contribution < -0.4 is 26.4 Å². The molecule has 0 atom stereocenters. The van der Waals surface area contributed by atoms with Gasteiger partial charge in [-0.25, -0.2) is 4.98 Å². The van der Waals surface area contributed by atoms with Gasteiger partial charge < -0.3 is 31.3 Å². The summed E-state index contributed by atoms with van der Waals surface area (Å²) in [7, 11) is 2.14. The lowest BCUT2D eigenvalue weighted by molar-refractivity contribution is 0.0996. The van der Waals surface area contributed by atoms with Crippen LogP contribution in [0.15, 0.2) is 42.5 Å². The fourth-order valence-corrected chi connectivity index (χ4v) is 3.99. The highest BCUT2D eigenvalue weighted by atomic mass is 16.5. The average Bonchev–Trinajstić information content (AvgIpc) is 2.80. The molecule has 2 heterocycles. The summed E-state index contributed by atoms with van der Waals surface area (Å²) in [6, 6.07) is 13.2. The van der Waals surface area contributed by atoms with E-state index in [1.165, 1.54) is 5.69 Å². The number of carbonyl (C=O) groups excluding carboxylic acids is 1. The van der Waals surface area contributed by atoms with E-state index in [9.17, 15) is 4.79 Å². The predicted octanol–water partition coefficient (Wildman–Crippen LogP) is 3.32. The summed E-state index contributed by atoms with van der Waals surface area (Å²) >= 11 is 0. The number of anilines is 4. The SMILES string of the molecule is CCc1nc(C(N)=O)c(Nc2ccc(N3CCN(C)CC3)c(C)c2)nc1Oc1cccc(N)c1. The van der Waals surface area contributed by atoms with Crippen LogP contribution in [0.3, 0.4) is 0 Å². The molecule has 0 spiro atoms. The van der Waals surface area contributed by atoms with Crippen molar-refractivity contribution in [2.75, 3.05) is 49.2 Å². The molecule has 1 saturated heterocycles. The van der Waals surface area contributed by atoms with Crippen LogP contribution in [0.5, 0.6) is 11.6 Å². The molecule has 34 heavy (non-hydrogen) atoms. The Bertz CT molecular complexity index is 1190. The molecule has 0 radical (unpaired) electrons. The highest BCUT2D eigenvalue weighted by Crippen LogP contribution is 2.30. The number of primary amides is 1. The number of piperazine rings is 1. The van der Waals surface area contributed by atoms with Crippen molar-refractivity contribution in [3.8, 4) is 11.6 Å². The summed E-state index contributed by atoms with van der Waals surface area (Å²) in [5.74, 6) is 0.418. The number of carbonyl (C=O) groups is 1. The maximum atomic E-state index is 12.2. The minimum atomic E-state index is -0.661. The molecule has 3 aromatic rings. The van der Waals surface area contributed by atoms with Crippen LogP contribution in [-0.4, -0.2) is 54.0 Å². The van der Waals surface area contributed by atoms with Crippen molar-refractivity contribution in [2.24, 2.45) is 5.73 Å². The Balaban J connectivity index is 1.63. The number of amides is 1. The first kappa shape index (κ1) is 23.3. The number of nitrogens with zero attached hydrogens (tertiary/aromatic N) is 4. The first-order valence-corrected chi connectivity index (χ1v) is 11.4. The summed E-state index contributed by atoms with van der Waals surface area (Å²) < 4.78 is 5.97. The fraction of sp³-hybridized carbons (Fsp3) is 0.320. The highest BCUT2D eigenvalue weighted by molar-refractivity contribution is 5.96. The van der Waals surface area contributed by atoms with Gasteiger partial charge in [0.05, 0.1) is 0 Å². The molecule has 1 amide bonds. The van der Waals surface area contributed by atoms with E-state index in [0.29, 0.717) is 29.4 Å². The van der Waals surface area contributed by atoms with Crippen molar-refractivity contribution < 1.29 is 9.53 Å². The van der Waals surface area contributed by atoms with E-state index in [1.807, 2.05) is 19.1 Å². The molecule has 0 saturated carbocycles. The monoisotopic (exact) mass is 461 g/mol. The Morgan fingerprint density at radius 1 is 1.12 bits per heavy atom. The molecule has 0 bridgehead atoms. The van der Waals surface area contributed by atoms with Gasteiger partial charge in [-0.05, 0) is 56.3 Å². The van der Waals surface area contributed by atoms with E-state index < -0.39 is 5.91 Å². The van der Waals surface area contributed by atoms with Gasteiger partial charge in [-0.3, -0.25) is 4.79 Å². The topological polar surface area (TPSA) is 123 Å². The van der Waals surface area contributed by atoms with Crippen LogP contribution in [0.2, 0.25) is 0 Å². The number of ether oxygens (including phenoxy) is 1. The first-order valence-electron chi connectivity index (χ1n) is 11.4. The standard InChI is InChI=1S/C25H31N7O2/c1-4-20-25(34-19-7-5-6-17(26)15-19)30-24(22(29-20)23(27)33)28-18-8-9-21(16(2)14-18)32-12-10-31(3)11-13-32/h5-9,14-15H,4,10-13,26H2,1-3H3,(H2,27,33)(H,28,30).